The Morgan fingerprint density at radius 3 is 2.46 bits per heavy atom. The number of hydrogen-bond donors (Lipinski definition) is 3. The molecule has 3 aromatic rings. The molecule has 1 amide bonds. The van der Waals surface area contributed by atoms with Gasteiger partial charge in [0.05, 0.1) is 22.0 Å². The summed E-state index contributed by atoms with van der Waals surface area (Å²) in [4.78, 5) is 20.0. The number of anilines is 4. The van der Waals surface area contributed by atoms with Crippen molar-refractivity contribution in [3.63, 3.8) is 0 Å². The SMILES string of the molecule is NC(=O)c1cnc(Nc2ccccn2)cc1Nc1ccccc1Cl. The minimum absolute atomic E-state index is 0.265. The van der Waals surface area contributed by atoms with Crippen LogP contribution >= 0.6 is 11.6 Å². The van der Waals surface area contributed by atoms with Crippen molar-refractivity contribution in [3.05, 3.63) is 71.5 Å². The number of para-hydroxylation sites is 1. The van der Waals surface area contributed by atoms with Crippen LogP contribution in [0, 0.1) is 0 Å². The molecule has 0 fully saturated rings. The molecule has 24 heavy (non-hydrogen) atoms. The van der Waals surface area contributed by atoms with Crippen molar-refractivity contribution in [2.45, 2.75) is 0 Å². The lowest BCUT2D eigenvalue weighted by molar-refractivity contribution is 0.100. The molecule has 4 N–H and O–H groups in total. The third-order valence-electron chi connectivity index (χ3n) is 3.23. The molecule has 0 unspecified atom stereocenters. The van der Waals surface area contributed by atoms with Gasteiger partial charge in [-0.2, -0.15) is 0 Å². The van der Waals surface area contributed by atoms with E-state index in [9.17, 15) is 4.79 Å². The van der Waals surface area contributed by atoms with Gasteiger partial charge in [0.15, 0.2) is 0 Å². The molecule has 7 heteroatoms. The van der Waals surface area contributed by atoms with E-state index in [2.05, 4.69) is 20.6 Å². The average molecular weight is 340 g/mol. The molecule has 0 aliphatic carbocycles. The van der Waals surface area contributed by atoms with E-state index in [0.29, 0.717) is 28.0 Å². The lowest BCUT2D eigenvalue weighted by Crippen LogP contribution is -2.14. The lowest BCUT2D eigenvalue weighted by atomic mass is 10.2. The number of amides is 1. The Hall–Kier alpha value is -3.12. The molecular weight excluding hydrogens is 326 g/mol. The highest BCUT2D eigenvalue weighted by atomic mass is 35.5. The maximum Gasteiger partial charge on any atom is 0.252 e. The van der Waals surface area contributed by atoms with Crippen LogP contribution in [0.1, 0.15) is 10.4 Å². The van der Waals surface area contributed by atoms with Crippen LogP contribution in [0.25, 0.3) is 0 Å². The summed E-state index contributed by atoms with van der Waals surface area (Å²) in [6.45, 7) is 0. The molecule has 0 spiro atoms. The normalized spacial score (nSPS) is 10.2. The van der Waals surface area contributed by atoms with Gasteiger partial charge in [-0.25, -0.2) is 9.97 Å². The maximum atomic E-state index is 11.6. The summed E-state index contributed by atoms with van der Waals surface area (Å²) in [5, 5.41) is 6.71. The number of primary amides is 1. The van der Waals surface area contributed by atoms with Gasteiger partial charge >= 0.3 is 0 Å². The number of nitrogens with two attached hydrogens (primary N) is 1. The van der Waals surface area contributed by atoms with E-state index in [4.69, 9.17) is 17.3 Å². The standard InChI is InChI=1S/C17H14ClN5O/c18-12-5-1-2-6-13(12)22-14-9-16(21-10-11(14)17(19)24)23-15-7-3-4-8-20-15/h1-10H,(H2,19,24)(H2,20,21,22,23). The van der Waals surface area contributed by atoms with Crippen LogP contribution in [0.2, 0.25) is 5.02 Å². The molecule has 6 nitrogen and oxygen atoms in total. The number of pyridine rings is 2. The van der Waals surface area contributed by atoms with E-state index in [1.165, 1.54) is 6.20 Å². The summed E-state index contributed by atoms with van der Waals surface area (Å²) in [6.07, 6.45) is 3.08. The number of hydrogen-bond acceptors (Lipinski definition) is 5. The first-order valence-electron chi connectivity index (χ1n) is 7.13. The van der Waals surface area contributed by atoms with Crippen molar-refractivity contribution in [3.8, 4) is 0 Å². The highest BCUT2D eigenvalue weighted by molar-refractivity contribution is 6.33. The van der Waals surface area contributed by atoms with Gasteiger partial charge < -0.3 is 16.4 Å². The zero-order valence-electron chi connectivity index (χ0n) is 12.5. The van der Waals surface area contributed by atoms with E-state index in [0.717, 1.165) is 0 Å². The van der Waals surface area contributed by atoms with Crippen molar-refractivity contribution in [1.29, 1.82) is 0 Å². The zero-order chi connectivity index (χ0) is 16.9. The average Bonchev–Trinajstić information content (AvgIpc) is 2.58. The van der Waals surface area contributed by atoms with Gasteiger partial charge in [0, 0.05) is 18.5 Å². The van der Waals surface area contributed by atoms with Crippen LogP contribution < -0.4 is 16.4 Å². The first kappa shape index (κ1) is 15.8. The predicted molar refractivity (Wildman–Crippen MR) is 95.0 cm³/mol. The second kappa shape index (κ2) is 6.97. The number of nitrogens with one attached hydrogen (secondary N) is 2. The number of rotatable bonds is 5. The highest BCUT2D eigenvalue weighted by Gasteiger charge is 2.12. The fourth-order valence-corrected chi connectivity index (χ4v) is 2.28. The van der Waals surface area contributed by atoms with Gasteiger partial charge in [0.2, 0.25) is 0 Å². The molecule has 2 heterocycles. The van der Waals surface area contributed by atoms with Gasteiger partial charge in [-0.15, -0.1) is 0 Å². The monoisotopic (exact) mass is 339 g/mol. The molecule has 1 aromatic carbocycles. The number of benzene rings is 1. The number of carbonyl (C=O) groups excluding carboxylic acids is 1. The van der Waals surface area contributed by atoms with Crippen LogP contribution in [0.15, 0.2) is 60.9 Å². The minimum atomic E-state index is -0.582. The predicted octanol–water partition coefficient (Wildman–Crippen LogP) is 3.72. The van der Waals surface area contributed by atoms with Crippen molar-refractivity contribution < 1.29 is 4.79 Å². The zero-order valence-corrected chi connectivity index (χ0v) is 13.3. The topological polar surface area (TPSA) is 92.9 Å². The van der Waals surface area contributed by atoms with Gasteiger partial charge in [-0.3, -0.25) is 4.79 Å². The minimum Gasteiger partial charge on any atom is -0.365 e. The molecular formula is C17H14ClN5O. The Kier molecular flexibility index (Phi) is 4.58. The van der Waals surface area contributed by atoms with E-state index < -0.39 is 5.91 Å². The fourth-order valence-electron chi connectivity index (χ4n) is 2.10. The van der Waals surface area contributed by atoms with E-state index in [-0.39, 0.29) is 5.56 Å². The van der Waals surface area contributed by atoms with E-state index in [1.54, 1.807) is 24.4 Å². The number of nitrogens with zero attached hydrogens (tertiary/aromatic N) is 2. The molecule has 120 valence electrons. The smallest absolute Gasteiger partial charge is 0.252 e. The van der Waals surface area contributed by atoms with Crippen molar-refractivity contribution in [1.82, 2.24) is 9.97 Å². The second-order valence-corrected chi connectivity index (χ2v) is 5.33. The molecule has 0 saturated heterocycles. The largest absolute Gasteiger partial charge is 0.365 e. The number of halogens is 1. The van der Waals surface area contributed by atoms with Crippen LogP contribution in [0.5, 0.6) is 0 Å². The van der Waals surface area contributed by atoms with Gasteiger partial charge in [0.1, 0.15) is 11.6 Å². The quantitative estimate of drug-likeness (QED) is 0.658. The third kappa shape index (κ3) is 3.61. The molecule has 0 saturated carbocycles. The van der Waals surface area contributed by atoms with Gasteiger partial charge in [-0.1, -0.05) is 29.8 Å². The van der Waals surface area contributed by atoms with Crippen LogP contribution in [0.3, 0.4) is 0 Å². The molecule has 0 radical (unpaired) electrons. The highest BCUT2D eigenvalue weighted by Crippen LogP contribution is 2.28. The summed E-state index contributed by atoms with van der Waals surface area (Å²) < 4.78 is 0. The van der Waals surface area contributed by atoms with Gasteiger partial charge in [-0.05, 0) is 24.3 Å². The van der Waals surface area contributed by atoms with E-state index in [1.807, 2.05) is 30.3 Å². The van der Waals surface area contributed by atoms with E-state index >= 15 is 0 Å². The van der Waals surface area contributed by atoms with Crippen LogP contribution in [-0.2, 0) is 0 Å². The second-order valence-electron chi connectivity index (χ2n) is 4.92. The van der Waals surface area contributed by atoms with Crippen LogP contribution in [0.4, 0.5) is 23.0 Å². The Bertz CT molecular complexity index is 870. The van der Waals surface area contributed by atoms with Crippen molar-refractivity contribution in [2.75, 3.05) is 10.6 Å². The first-order valence-corrected chi connectivity index (χ1v) is 7.51. The Morgan fingerprint density at radius 2 is 1.75 bits per heavy atom. The Morgan fingerprint density at radius 1 is 0.958 bits per heavy atom. The van der Waals surface area contributed by atoms with Crippen molar-refractivity contribution in [2.24, 2.45) is 5.73 Å². The fraction of sp³-hybridized carbons (Fsp3) is 0. The summed E-state index contributed by atoms with van der Waals surface area (Å²) in [5.74, 6) is 0.579. The molecule has 0 aliphatic heterocycles. The molecule has 0 atom stereocenters. The maximum absolute atomic E-state index is 11.6. The Labute approximate surface area is 143 Å². The lowest BCUT2D eigenvalue weighted by Gasteiger charge is -2.13. The Balaban J connectivity index is 1.94. The molecule has 0 aliphatic rings. The summed E-state index contributed by atoms with van der Waals surface area (Å²) in [6, 6.07) is 14.4. The van der Waals surface area contributed by atoms with Gasteiger partial charge in [0.25, 0.3) is 5.91 Å². The summed E-state index contributed by atoms with van der Waals surface area (Å²) >= 11 is 6.16. The first-order chi connectivity index (χ1) is 11.6. The number of carbonyl (C=O) groups is 1. The third-order valence-corrected chi connectivity index (χ3v) is 3.56. The molecule has 2 aromatic heterocycles. The molecule has 0 bridgehead atoms. The molecule has 3 rings (SSSR count). The number of aromatic nitrogens is 2. The summed E-state index contributed by atoms with van der Waals surface area (Å²) in [5.41, 5.74) is 6.86. The van der Waals surface area contributed by atoms with Crippen LogP contribution in [-0.4, -0.2) is 15.9 Å². The van der Waals surface area contributed by atoms with Crippen molar-refractivity contribution >= 4 is 40.5 Å². The summed E-state index contributed by atoms with van der Waals surface area (Å²) in [7, 11) is 0.